The number of aromatic nitrogens is 2. The van der Waals surface area contributed by atoms with E-state index in [1.54, 1.807) is 23.0 Å². The molecule has 0 saturated carbocycles. The molecule has 0 radical (unpaired) electrons. The van der Waals surface area contributed by atoms with Gasteiger partial charge in [0.25, 0.3) is 5.91 Å². The number of benzene rings is 3. The Morgan fingerprint density at radius 3 is 2.15 bits per heavy atom. The fraction of sp³-hybridized carbons (Fsp3) is 0. The van der Waals surface area contributed by atoms with Crippen molar-refractivity contribution in [3.63, 3.8) is 0 Å². The van der Waals surface area contributed by atoms with E-state index in [2.05, 4.69) is 10.4 Å². The number of nitrogens with one attached hydrogen (secondary N) is 1. The summed E-state index contributed by atoms with van der Waals surface area (Å²) in [6.45, 7) is 0. The van der Waals surface area contributed by atoms with Gasteiger partial charge >= 0.3 is 0 Å². The molecule has 4 aromatic rings. The van der Waals surface area contributed by atoms with Gasteiger partial charge in [-0.1, -0.05) is 48.5 Å². The number of phenolic OH excluding ortho intramolecular Hbond substituents is 1. The zero-order valence-corrected chi connectivity index (χ0v) is 14.4. The van der Waals surface area contributed by atoms with E-state index in [4.69, 9.17) is 0 Å². The molecule has 0 saturated heterocycles. The van der Waals surface area contributed by atoms with Crippen molar-refractivity contribution in [3.05, 3.63) is 96.7 Å². The highest BCUT2D eigenvalue weighted by atomic mass is 16.3. The monoisotopic (exact) mass is 355 g/mol. The van der Waals surface area contributed by atoms with Gasteiger partial charge in [0, 0.05) is 17.4 Å². The predicted octanol–water partition coefficient (Wildman–Crippen LogP) is 4.50. The minimum absolute atomic E-state index is 0.148. The molecule has 4 rings (SSSR count). The first-order chi connectivity index (χ1) is 13.2. The van der Waals surface area contributed by atoms with Gasteiger partial charge in [-0.25, -0.2) is 4.68 Å². The summed E-state index contributed by atoms with van der Waals surface area (Å²) in [6.07, 6.45) is 1.73. The maximum Gasteiger partial charge on any atom is 0.259 e. The molecule has 2 N–H and O–H groups in total. The van der Waals surface area contributed by atoms with Crippen LogP contribution in [0.4, 0.5) is 5.69 Å². The van der Waals surface area contributed by atoms with Gasteiger partial charge < -0.3 is 10.4 Å². The fourth-order valence-electron chi connectivity index (χ4n) is 2.81. The summed E-state index contributed by atoms with van der Waals surface area (Å²) in [5.74, 6) is -0.114. The molecule has 1 aromatic heterocycles. The van der Waals surface area contributed by atoms with Gasteiger partial charge in [-0.15, -0.1) is 0 Å². The van der Waals surface area contributed by atoms with E-state index in [1.165, 1.54) is 12.1 Å². The van der Waals surface area contributed by atoms with Crippen molar-refractivity contribution in [2.24, 2.45) is 0 Å². The van der Waals surface area contributed by atoms with Crippen LogP contribution in [0.15, 0.2) is 91.1 Å². The number of hydrogen-bond donors (Lipinski definition) is 2. The van der Waals surface area contributed by atoms with Crippen molar-refractivity contribution in [2.45, 2.75) is 0 Å². The third-order valence-electron chi connectivity index (χ3n) is 4.15. The third kappa shape index (κ3) is 3.57. The smallest absolute Gasteiger partial charge is 0.259 e. The Balaban J connectivity index is 1.74. The van der Waals surface area contributed by atoms with E-state index in [-0.39, 0.29) is 11.7 Å². The Bertz CT molecular complexity index is 1060. The highest BCUT2D eigenvalue weighted by molar-refractivity contribution is 6.08. The Hall–Kier alpha value is -3.86. The van der Waals surface area contributed by atoms with Crippen molar-refractivity contribution >= 4 is 11.6 Å². The SMILES string of the molecule is O=C(Nc1ccc(O)cc1)c1cn(-c2ccccc2)nc1-c1ccccc1. The number of nitrogens with zero attached hydrogens (tertiary/aromatic N) is 2. The molecule has 0 unspecified atom stereocenters. The zero-order valence-electron chi connectivity index (χ0n) is 14.4. The van der Waals surface area contributed by atoms with Crippen LogP contribution >= 0.6 is 0 Å². The van der Waals surface area contributed by atoms with Gasteiger partial charge in [0.2, 0.25) is 0 Å². The summed E-state index contributed by atoms with van der Waals surface area (Å²) in [6, 6.07) is 25.6. The number of anilines is 1. The Labute approximate surface area is 156 Å². The lowest BCUT2D eigenvalue weighted by Crippen LogP contribution is -2.12. The predicted molar refractivity (Wildman–Crippen MR) is 105 cm³/mol. The summed E-state index contributed by atoms with van der Waals surface area (Å²) in [4.78, 5) is 12.9. The molecule has 5 nitrogen and oxygen atoms in total. The summed E-state index contributed by atoms with van der Waals surface area (Å²) in [5.41, 5.74) is 3.42. The number of carbonyl (C=O) groups is 1. The van der Waals surface area contributed by atoms with Crippen molar-refractivity contribution < 1.29 is 9.90 Å². The largest absolute Gasteiger partial charge is 0.508 e. The molecule has 5 heteroatoms. The highest BCUT2D eigenvalue weighted by Crippen LogP contribution is 2.25. The van der Waals surface area contributed by atoms with Crippen LogP contribution in [0.2, 0.25) is 0 Å². The van der Waals surface area contributed by atoms with Crippen LogP contribution in [-0.2, 0) is 0 Å². The summed E-state index contributed by atoms with van der Waals surface area (Å²) >= 11 is 0. The Morgan fingerprint density at radius 1 is 0.852 bits per heavy atom. The maximum atomic E-state index is 12.9. The number of amides is 1. The maximum absolute atomic E-state index is 12.9. The quantitative estimate of drug-likeness (QED) is 0.530. The highest BCUT2D eigenvalue weighted by Gasteiger charge is 2.18. The standard InChI is InChI=1S/C22H17N3O2/c26-19-13-11-17(12-14-19)23-22(27)20-15-25(18-9-5-2-6-10-18)24-21(20)16-7-3-1-4-8-16/h1-15,26H,(H,23,27). The van der Waals surface area contributed by atoms with Crippen molar-refractivity contribution in [3.8, 4) is 22.7 Å². The van der Waals surface area contributed by atoms with Gasteiger partial charge in [0.15, 0.2) is 0 Å². The topological polar surface area (TPSA) is 67.2 Å². The molecule has 0 aliphatic rings. The Kier molecular flexibility index (Phi) is 4.41. The molecule has 0 aliphatic heterocycles. The van der Waals surface area contributed by atoms with Crippen LogP contribution in [0.5, 0.6) is 5.75 Å². The summed E-state index contributed by atoms with van der Waals surface area (Å²) in [5, 5.41) is 16.9. The van der Waals surface area contributed by atoms with Crippen LogP contribution in [0.25, 0.3) is 16.9 Å². The minimum Gasteiger partial charge on any atom is -0.508 e. The third-order valence-corrected chi connectivity index (χ3v) is 4.15. The molecule has 0 bridgehead atoms. The molecular formula is C22H17N3O2. The number of aromatic hydroxyl groups is 1. The average molecular weight is 355 g/mol. The second kappa shape index (κ2) is 7.17. The fourth-order valence-corrected chi connectivity index (χ4v) is 2.81. The molecule has 27 heavy (non-hydrogen) atoms. The van der Waals surface area contributed by atoms with Gasteiger partial charge in [0.05, 0.1) is 11.3 Å². The second-order valence-electron chi connectivity index (χ2n) is 6.04. The first-order valence-corrected chi connectivity index (χ1v) is 8.51. The number of phenols is 1. The van der Waals surface area contributed by atoms with Crippen LogP contribution in [-0.4, -0.2) is 20.8 Å². The lowest BCUT2D eigenvalue weighted by Gasteiger charge is -2.05. The minimum atomic E-state index is -0.262. The van der Waals surface area contributed by atoms with E-state index < -0.39 is 0 Å². The van der Waals surface area contributed by atoms with Crippen molar-refractivity contribution in [1.82, 2.24) is 9.78 Å². The van der Waals surface area contributed by atoms with Gasteiger partial charge in [-0.3, -0.25) is 4.79 Å². The zero-order chi connectivity index (χ0) is 18.6. The number of carbonyl (C=O) groups excluding carboxylic acids is 1. The summed E-state index contributed by atoms with van der Waals surface area (Å²) in [7, 11) is 0. The molecule has 132 valence electrons. The van der Waals surface area contributed by atoms with E-state index in [0.717, 1.165) is 11.3 Å². The van der Waals surface area contributed by atoms with E-state index >= 15 is 0 Å². The normalized spacial score (nSPS) is 10.5. The van der Waals surface area contributed by atoms with E-state index in [1.807, 2.05) is 60.7 Å². The average Bonchev–Trinajstić information content (AvgIpc) is 3.17. The van der Waals surface area contributed by atoms with Crippen LogP contribution in [0.1, 0.15) is 10.4 Å². The van der Waals surface area contributed by atoms with Crippen LogP contribution in [0, 0.1) is 0 Å². The molecule has 0 aliphatic carbocycles. The molecule has 1 heterocycles. The first-order valence-electron chi connectivity index (χ1n) is 8.51. The number of hydrogen-bond acceptors (Lipinski definition) is 3. The number of para-hydroxylation sites is 1. The molecule has 3 aromatic carbocycles. The van der Waals surface area contributed by atoms with Crippen molar-refractivity contribution in [1.29, 1.82) is 0 Å². The van der Waals surface area contributed by atoms with Crippen LogP contribution in [0.3, 0.4) is 0 Å². The molecule has 0 atom stereocenters. The van der Waals surface area contributed by atoms with E-state index in [9.17, 15) is 9.90 Å². The van der Waals surface area contributed by atoms with Crippen LogP contribution < -0.4 is 5.32 Å². The van der Waals surface area contributed by atoms with Gasteiger partial charge in [-0.2, -0.15) is 5.10 Å². The van der Waals surface area contributed by atoms with Gasteiger partial charge in [0.1, 0.15) is 11.4 Å². The second-order valence-corrected chi connectivity index (χ2v) is 6.04. The Morgan fingerprint density at radius 2 is 1.48 bits per heavy atom. The van der Waals surface area contributed by atoms with E-state index in [0.29, 0.717) is 16.9 Å². The lowest BCUT2D eigenvalue weighted by molar-refractivity contribution is 0.102. The summed E-state index contributed by atoms with van der Waals surface area (Å²) < 4.78 is 1.70. The lowest BCUT2D eigenvalue weighted by atomic mass is 10.1. The molecule has 0 spiro atoms. The van der Waals surface area contributed by atoms with Crippen molar-refractivity contribution in [2.75, 3.05) is 5.32 Å². The molecule has 1 amide bonds. The molecular weight excluding hydrogens is 338 g/mol. The van der Waals surface area contributed by atoms with Gasteiger partial charge in [-0.05, 0) is 36.4 Å². The number of rotatable bonds is 4. The first kappa shape index (κ1) is 16.6. The molecule has 0 fully saturated rings.